The predicted molar refractivity (Wildman–Crippen MR) is 170 cm³/mol. The number of rotatable bonds is 3. The minimum atomic E-state index is -2.80. The van der Waals surface area contributed by atoms with E-state index in [2.05, 4.69) is 0 Å². The summed E-state index contributed by atoms with van der Waals surface area (Å²) in [7, 11) is 0. The fraction of sp³-hybridized carbons (Fsp3) is 0.176. The SMILES string of the molecule is O=C1N(c2c(F)c(F)c(F)c(F)c2F)C(=O)C2(Cl)C(c3c(O)ccc4ccccc34)C3=CCn4c(=O)n(-c5ccccc5)c(=O)n4C3CC12Cl. The van der Waals surface area contributed by atoms with E-state index < -0.39 is 91.8 Å². The number of allylic oxidation sites excluding steroid dienone is 2. The second kappa shape index (κ2) is 10.6. The van der Waals surface area contributed by atoms with Gasteiger partial charge in [-0.15, -0.1) is 23.2 Å². The number of benzene rings is 4. The van der Waals surface area contributed by atoms with Crippen LogP contribution in [0.2, 0.25) is 0 Å². The van der Waals surface area contributed by atoms with Crippen molar-refractivity contribution in [2.24, 2.45) is 0 Å². The van der Waals surface area contributed by atoms with Crippen LogP contribution in [0.5, 0.6) is 5.75 Å². The van der Waals surface area contributed by atoms with Gasteiger partial charge in [-0.05, 0) is 34.5 Å². The molecule has 50 heavy (non-hydrogen) atoms. The fourth-order valence-electron chi connectivity index (χ4n) is 7.53. The Morgan fingerprint density at radius 2 is 1.36 bits per heavy atom. The second-order valence-electron chi connectivity index (χ2n) is 12.1. The van der Waals surface area contributed by atoms with Crippen molar-refractivity contribution in [3.8, 4) is 11.4 Å². The number of phenolic OH excluding ortho intramolecular Hbond substituents is 1. The van der Waals surface area contributed by atoms with E-state index in [1.807, 2.05) is 0 Å². The maximum atomic E-state index is 15.3. The highest BCUT2D eigenvalue weighted by molar-refractivity contribution is 6.58. The summed E-state index contributed by atoms with van der Waals surface area (Å²) in [5, 5.41) is 12.2. The van der Waals surface area contributed by atoms with Crippen molar-refractivity contribution < 1.29 is 36.6 Å². The van der Waals surface area contributed by atoms with Crippen molar-refractivity contribution in [3.63, 3.8) is 0 Å². The quantitative estimate of drug-likeness (QED) is 0.0655. The highest BCUT2D eigenvalue weighted by Crippen LogP contribution is 2.65. The standard InChI is InChI=1S/C34H19Cl2F5N4O5/c35-33-14-19-18(12-13-42-31(49)43(32(50)45(19)42)16-7-2-1-3-8-16)22(21-17-9-5-4-6-15(17)10-11-20(21)46)34(33,36)30(48)44(29(33)47)28-26(40)24(38)23(37)25(39)27(28)41/h1-12,19,22,46H,13-14H2. The number of carbonyl (C=O) groups is 2. The molecule has 254 valence electrons. The van der Waals surface area contributed by atoms with Crippen molar-refractivity contribution >= 4 is 51.5 Å². The first-order valence-electron chi connectivity index (χ1n) is 14.9. The van der Waals surface area contributed by atoms with Crippen LogP contribution in [0.1, 0.15) is 23.9 Å². The third-order valence-corrected chi connectivity index (χ3v) is 11.2. The van der Waals surface area contributed by atoms with E-state index in [-0.39, 0.29) is 28.3 Å². The fourth-order valence-corrected chi connectivity index (χ4v) is 8.43. The molecule has 3 aliphatic rings. The lowest BCUT2D eigenvalue weighted by Crippen LogP contribution is -2.59. The lowest BCUT2D eigenvalue weighted by molar-refractivity contribution is -0.122. The number of nitrogens with zero attached hydrogens (tertiary/aromatic N) is 4. The van der Waals surface area contributed by atoms with Crippen molar-refractivity contribution in [1.82, 2.24) is 13.9 Å². The molecule has 4 unspecified atom stereocenters. The topological polar surface area (TPSA) is 107 Å². The molecule has 16 heteroatoms. The van der Waals surface area contributed by atoms with Crippen molar-refractivity contribution in [1.29, 1.82) is 0 Å². The summed E-state index contributed by atoms with van der Waals surface area (Å²) in [5.74, 6) is -17.8. The van der Waals surface area contributed by atoms with Gasteiger partial charge in [0.1, 0.15) is 11.4 Å². The Morgan fingerprint density at radius 1 is 0.740 bits per heavy atom. The van der Waals surface area contributed by atoms with Crippen LogP contribution in [-0.4, -0.2) is 40.6 Å². The largest absolute Gasteiger partial charge is 0.508 e. The molecule has 0 radical (unpaired) electrons. The summed E-state index contributed by atoms with van der Waals surface area (Å²) in [4.78, 5) is 50.8. The van der Waals surface area contributed by atoms with E-state index in [1.165, 1.54) is 24.3 Å². The smallest absolute Gasteiger partial charge is 0.352 e. The summed E-state index contributed by atoms with van der Waals surface area (Å²) in [5.41, 5.74) is -3.30. The molecule has 0 bridgehead atoms. The number of hydrogen-bond acceptors (Lipinski definition) is 5. The molecule has 5 aromatic rings. The lowest BCUT2D eigenvalue weighted by atomic mass is 9.63. The van der Waals surface area contributed by atoms with Crippen LogP contribution in [-0.2, 0) is 16.1 Å². The van der Waals surface area contributed by atoms with Crippen LogP contribution in [0.15, 0.2) is 88.0 Å². The Labute approximate surface area is 286 Å². The minimum Gasteiger partial charge on any atom is -0.508 e. The highest BCUT2D eigenvalue weighted by Gasteiger charge is 2.76. The van der Waals surface area contributed by atoms with Gasteiger partial charge in [0.2, 0.25) is 5.82 Å². The first-order valence-corrected chi connectivity index (χ1v) is 15.7. The first-order chi connectivity index (χ1) is 23.8. The zero-order valence-corrected chi connectivity index (χ0v) is 26.5. The number of carbonyl (C=O) groups excluding carboxylic acids is 2. The molecule has 2 amide bonds. The minimum absolute atomic E-state index is 0.0779. The summed E-state index contributed by atoms with van der Waals surface area (Å²) in [6, 6.07) is 15.8. The Morgan fingerprint density at radius 3 is 2.04 bits per heavy atom. The number of aromatic nitrogens is 3. The number of phenols is 1. The van der Waals surface area contributed by atoms with Gasteiger partial charge in [-0.25, -0.2) is 50.4 Å². The van der Waals surface area contributed by atoms with Crippen molar-refractivity contribution in [2.45, 2.75) is 34.7 Å². The van der Waals surface area contributed by atoms with Crippen LogP contribution in [0.4, 0.5) is 27.6 Å². The molecule has 4 atom stereocenters. The van der Waals surface area contributed by atoms with Gasteiger partial charge in [0.05, 0.1) is 18.3 Å². The molecular formula is C34H19Cl2F5N4O5. The molecular weight excluding hydrogens is 710 g/mol. The summed E-state index contributed by atoms with van der Waals surface area (Å²) in [6.07, 6.45) is 0.701. The number of fused-ring (bicyclic) bond motifs is 5. The molecule has 3 heterocycles. The Bertz CT molecular complexity index is 2490. The van der Waals surface area contributed by atoms with E-state index in [1.54, 1.807) is 48.5 Å². The van der Waals surface area contributed by atoms with Gasteiger partial charge in [-0.2, -0.15) is 0 Å². The number of hydrogen-bond donors (Lipinski definition) is 1. The summed E-state index contributed by atoms with van der Waals surface area (Å²) < 4.78 is 76.5. The third-order valence-electron chi connectivity index (χ3n) is 9.74. The number of anilines is 1. The molecule has 2 aliphatic heterocycles. The molecule has 1 saturated carbocycles. The zero-order valence-electron chi connectivity index (χ0n) is 25.0. The van der Waals surface area contributed by atoms with Crippen LogP contribution in [0.25, 0.3) is 16.5 Å². The second-order valence-corrected chi connectivity index (χ2v) is 13.4. The van der Waals surface area contributed by atoms with E-state index in [9.17, 15) is 37.5 Å². The molecule has 0 spiro atoms. The first kappa shape index (κ1) is 32.0. The molecule has 4 aromatic carbocycles. The monoisotopic (exact) mass is 728 g/mol. The van der Waals surface area contributed by atoms with Crippen LogP contribution < -0.4 is 16.3 Å². The van der Waals surface area contributed by atoms with Gasteiger partial charge >= 0.3 is 11.4 Å². The van der Waals surface area contributed by atoms with Gasteiger partial charge in [0.15, 0.2) is 33.0 Å². The van der Waals surface area contributed by atoms with E-state index in [0.717, 1.165) is 13.9 Å². The molecule has 9 nitrogen and oxygen atoms in total. The normalized spacial score (nSPS) is 24.3. The molecule has 1 saturated heterocycles. The third kappa shape index (κ3) is 3.82. The predicted octanol–water partition coefficient (Wildman–Crippen LogP) is 5.55. The van der Waals surface area contributed by atoms with Gasteiger partial charge in [0.25, 0.3) is 11.8 Å². The van der Waals surface area contributed by atoms with Gasteiger partial charge in [-0.1, -0.05) is 54.6 Å². The number of para-hydroxylation sites is 1. The number of alkyl halides is 2. The Hall–Kier alpha value is -5.21. The molecule has 1 N–H and O–H groups in total. The summed E-state index contributed by atoms with van der Waals surface area (Å²) >= 11 is 14.3. The lowest BCUT2D eigenvalue weighted by Gasteiger charge is -2.49. The number of imide groups is 1. The Balaban J connectivity index is 1.44. The average molecular weight is 729 g/mol. The zero-order chi connectivity index (χ0) is 35.6. The number of amides is 2. The van der Waals surface area contributed by atoms with E-state index >= 15 is 8.78 Å². The molecule has 8 rings (SSSR count). The number of halogens is 7. The van der Waals surface area contributed by atoms with Crippen LogP contribution >= 0.6 is 23.2 Å². The van der Waals surface area contributed by atoms with Gasteiger partial charge in [-0.3, -0.25) is 9.59 Å². The Kier molecular flexibility index (Phi) is 6.82. The maximum absolute atomic E-state index is 15.3. The molecule has 2 fully saturated rings. The highest BCUT2D eigenvalue weighted by atomic mass is 35.5. The molecule has 1 aliphatic carbocycles. The van der Waals surface area contributed by atoms with Crippen molar-refractivity contribution in [2.75, 3.05) is 4.90 Å². The van der Waals surface area contributed by atoms with Gasteiger partial charge in [0, 0.05) is 17.9 Å². The van der Waals surface area contributed by atoms with Crippen LogP contribution in [0, 0.1) is 29.1 Å². The maximum Gasteiger partial charge on any atom is 0.352 e. The van der Waals surface area contributed by atoms with Crippen LogP contribution in [0.3, 0.4) is 0 Å². The average Bonchev–Trinajstić information content (AvgIpc) is 3.45. The van der Waals surface area contributed by atoms with E-state index in [0.29, 0.717) is 10.8 Å². The van der Waals surface area contributed by atoms with Gasteiger partial charge < -0.3 is 5.11 Å². The number of aromatic hydroxyl groups is 1. The summed E-state index contributed by atoms with van der Waals surface area (Å²) in [6.45, 7) is -0.270. The van der Waals surface area contributed by atoms with E-state index in [4.69, 9.17) is 23.2 Å². The van der Waals surface area contributed by atoms with Crippen molar-refractivity contribution in [3.05, 3.63) is 134 Å². The molecule has 1 aromatic heterocycles.